The van der Waals surface area contributed by atoms with Gasteiger partial charge >= 0.3 is 0 Å². The molecule has 106 valence electrons. The van der Waals surface area contributed by atoms with Crippen molar-refractivity contribution in [2.24, 2.45) is 5.14 Å². The second kappa shape index (κ2) is 5.10. The van der Waals surface area contributed by atoms with Gasteiger partial charge in [-0.15, -0.1) is 0 Å². The van der Waals surface area contributed by atoms with E-state index in [0.29, 0.717) is 0 Å². The van der Waals surface area contributed by atoms with Gasteiger partial charge in [0.05, 0.1) is 10.6 Å². The normalized spacial score (nSPS) is 11.3. The van der Waals surface area contributed by atoms with Crippen LogP contribution >= 0.6 is 0 Å². The Balaban J connectivity index is 2.45. The Hall–Kier alpha value is -2.12. The lowest BCUT2D eigenvalue weighted by Crippen LogP contribution is -2.12. The smallest absolute Gasteiger partial charge is 0.238 e. The first-order valence-corrected chi connectivity index (χ1v) is 7.18. The monoisotopic (exact) mass is 296 g/mol. The van der Waals surface area contributed by atoms with E-state index in [4.69, 9.17) is 15.6 Å². The summed E-state index contributed by atoms with van der Waals surface area (Å²) in [5.74, 6) is -0.583. The first kappa shape index (κ1) is 14.3. The van der Waals surface area contributed by atoms with E-state index in [2.05, 4.69) is 0 Å². The van der Waals surface area contributed by atoms with E-state index in [1.807, 2.05) is 0 Å². The van der Waals surface area contributed by atoms with Crippen molar-refractivity contribution in [3.8, 4) is 11.5 Å². The van der Waals surface area contributed by atoms with Crippen LogP contribution in [0.15, 0.2) is 41.3 Å². The van der Waals surface area contributed by atoms with Crippen molar-refractivity contribution in [3.05, 3.63) is 47.8 Å². The van der Waals surface area contributed by atoms with E-state index < -0.39 is 15.8 Å². The highest BCUT2D eigenvalue weighted by atomic mass is 32.2. The van der Waals surface area contributed by atoms with Crippen molar-refractivity contribution < 1.29 is 17.5 Å². The standard InChI is InChI=1S/C13H13FN2O3S/c1-8-2-4-10(14)12(6-8)19-13-7-9(20(16,17)18)3-5-11(13)15/h2-7H,15H2,1H3,(H2,16,17,18). The molecule has 5 nitrogen and oxygen atoms in total. The predicted molar refractivity (Wildman–Crippen MR) is 73.4 cm³/mol. The highest BCUT2D eigenvalue weighted by Gasteiger charge is 2.13. The van der Waals surface area contributed by atoms with Gasteiger partial charge in [0.2, 0.25) is 10.0 Å². The topological polar surface area (TPSA) is 95.4 Å². The molecule has 7 heteroatoms. The van der Waals surface area contributed by atoms with E-state index in [0.717, 1.165) is 11.6 Å². The molecule has 0 aliphatic heterocycles. The van der Waals surface area contributed by atoms with Crippen molar-refractivity contribution in [2.45, 2.75) is 11.8 Å². The molecule has 0 saturated carbocycles. The Bertz CT molecular complexity index is 760. The largest absolute Gasteiger partial charge is 0.452 e. The molecule has 2 rings (SSSR count). The molecule has 0 bridgehead atoms. The summed E-state index contributed by atoms with van der Waals surface area (Å²) < 4.78 is 41.5. The van der Waals surface area contributed by atoms with Gasteiger partial charge in [-0.2, -0.15) is 0 Å². The summed E-state index contributed by atoms with van der Waals surface area (Å²) in [6, 6.07) is 8.08. The summed E-state index contributed by atoms with van der Waals surface area (Å²) in [5.41, 5.74) is 6.66. The van der Waals surface area contributed by atoms with Crippen molar-refractivity contribution in [1.29, 1.82) is 0 Å². The van der Waals surface area contributed by atoms with Gasteiger partial charge in [0, 0.05) is 6.07 Å². The molecule has 20 heavy (non-hydrogen) atoms. The number of hydrogen-bond donors (Lipinski definition) is 2. The molecule has 4 N–H and O–H groups in total. The van der Waals surface area contributed by atoms with Crippen LogP contribution in [0, 0.1) is 12.7 Å². The molecule has 2 aromatic rings. The molecular weight excluding hydrogens is 283 g/mol. The minimum Gasteiger partial charge on any atom is -0.452 e. The maximum absolute atomic E-state index is 13.6. The molecule has 0 aliphatic carbocycles. The summed E-state index contributed by atoms with van der Waals surface area (Å²) in [7, 11) is -3.88. The Morgan fingerprint density at radius 2 is 1.80 bits per heavy atom. The number of primary sulfonamides is 1. The van der Waals surface area contributed by atoms with Gasteiger partial charge < -0.3 is 10.5 Å². The summed E-state index contributed by atoms with van der Waals surface area (Å²) >= 11 is 0. The Kier molecular flexibility index (Phi) is 3.65. The van der Waals surface area contributed by atoms with E-state index >= 15 is 0 Å². The van der Waals surface area contributed by atoms with Gasteiger partial charge in [0.15, 0.2) is 17.3 Å². The van der Waals surface area contributed by atoms with Crippen molar-refractivity contribution in [2.75, 3.05) is 5.73 Å². The molecule has 2 aromatic carbocycles. The minimum absolute atomic E-state index is 0.0287. The first-order chi connectivity index (χ1) is 9.27. The third-order valence-electron chi connectivity index (χ3n) is 2.62. The SMILES string of the molecule is Cc1ccc(F)c(Oc2cc(S(N)(=O)=O)ccc2N)c1. The lowest BCUT2D eigenvalue weighted by atomic mass is 10.2. The summed E-state index contributed by atoms with van der Waals surface area (Å²) in [5, 5.41) is 5.02. The Labute approximate surface area is 116 Å². The van der Waals surface area contributed by atoms with Crippen molar-refractivity contribution in [1.82, 2.24) is 0 Å². The lowest BCUT2D eigenvalue weighted by Gasteiger charge is -2.11. The Morgan fingerprint density at radius 1 is 1.10 bits per heavy atom. The van der Waals surface area contributed by atoms with Gasteiger partial charge in [-0.1, -0.05) is 6.07 Å². The van der Waals surface area contributed by atoms with E-state index in [1.165, 1.54) is 24.3 Å². The van der Waals surface area contributed by atoms with Crippen LogP contribution in [0.3, 0.4) is 0 Å². The van der Waals surface area contributed by atoms with Crippen LogP contribution in [-0.2, 0) is 10.0 Å². The van der Waals surface area contributed by atoms with E-state index in [1.54, 1.807) is 13.0 Å². The molecule has 0 spiro atoms. The summed E-state index contributed by atoms with van der Waals surface area (Å²) in [4.78, 5) is -0.158. The van der Waals surface area contributed by atoms with Gasteiger partial charge in [-0.25, -0.2) is 17.9 Å². The average Bonchev–Trinajstić information content (AvgIpc) is 2.35. The quantitative estimate of drug-likeness (QED) is 0.848. The second-order valence-corrected chi connectivity index (χ2v) is 5.84. The van der Waals surface area contributed by atoms with Gasteiger partial charge in [0.1, 0.15) is 0 Å². The van der Waals surface area contributed by atoms with Crippen LogP contribution < -0.4 is 15.6 Å². The highest BCUT2D eigenvalue weighted by Crippen LogP contribution is 2.31. The zero-order chi connectivity index (χ0) is 14.9. The van der Waals surface area contributed by atoms with Crippen LogP contribution in [0.25, 0.3) is 0 Å². The zero-order valence-electron chi connectivity index (χ0n) is 10.6. The number of benzene rings is 2. The molecule has 0 amide bonds. The molecule has 0 saturated heterocycles. The van der Waals surface area contributed by atoms with Gasteiger partial charge in [-0.3, -0.25) is 0 Å². The van der Waals surface area contributed by atoms with E-state index in [9.17, 15) is 12.8 Å². The number of sulfonamides is 1. The molecule has 0 aromatic heterocycles. The third kappa shape index (κ3) is 3.06. The molecule has 0 aliphatic rings. The van der Waals surface area contributed by atoms with Crippen LogP contribution in [-0.4, -0.2) is 8.42 Å². The highest BCUT2D eigenvalue weighted by molar-refractivity contribution is 7.89. The number of aryl methyl sites for hydroxylation is 1. The third-order valence-corrected chi connectivity index (χ3v) is 3.53. The zero-order valence-corrected chi connectivity index (χ0v) is 11.4. The van der Waals surface area contributed by atoms with Crippen molar-refractivity contribution in [3.63, 3.8) is 0 Å². The Morgan fingerprint density at radius 3 is 2.45 bits per heavy atom. The van der Waals surface area contributed by atoms with Crippen molar-refractivity contribution >= 4 is 15.7 Å². The number of nitrogens with two attached hydrogens (primary N) is 2. The molecule has 0 unspecified atom stereocenters. The fourth-order valence-electron chi connectivity index (χ4n) is 1.59. The maximum atomic E-state index is 13.6. The van der Waals surface area contributed by atoms with Crippen LogP contribution in [0.4, 0.5) is 10.1 Å². The molecule has 0 radical (unpaired) electrons. The minimum atomic E-state index is -3.88. The number of halogens is 1. The number of hydrogen-bond acceptors (Lipinski definition) is 4. The first-order valence-electron chi connectivity index (χ1n) is 5.64. The summed E-state index contributed by atoms with van der Waals surface area (Å²) in [6.07, 6.45) is 0. The molecule has 0 atom stereocenters. The fourth-order valence-corrected chi connectivity index (χ4v) is 2.12. The van der Waals surface area contributed by atoms with Crippen LogP contribution in [0.5, 0.6) is 11.5 Å². The van der Waals surface area contributed by atoms with Gasteiger partial charge in [-0.05, 0) is 36.8 Å². The molecular formula is C13H13FN2O3S. The number of anilines is 1. The number of rotatable bonds is 3. The predicted octanol–water partition coefficient (Wildman–Crippen LogP) is 2.16. The number of ether oxygens (including phenoxy) is 1. The second-order valence-electron chi connectivity index (χ2n) is 4.28. The van der Waals surface area contributed by atoms with Crippen LogP contribution in [0.2, 0.25) is 0 Å². The maximum Gasteiger partial charge on any atom is 0.238 e. The van der Waals surface area contributed by atoms with E-state index in [-0.39, 0.29) is 22.1 Å². The molecule has 0 heterocycles. The lowest BCUT2D eigenvalue weighted by molar-refractivity contribution is 0.442. The summed E-state index contributed by atoms with van der Waals surface area (Å²) in [6.45, 7) is 1.77. The molecule has 0 fully saturated rings. The van der Waals surface area contributed by atoms with Gasteiger partial charge in [0.25, 0.3) is 0 Å². The fraction of sp³-hybridized carbons (Fsp3) is 0.0769. The average molecular weight is 296 g/mol. The number of nitrogen functional groups attached to an aromatic ring is 1. The van der Waals surface area contributed by atoms with Crippen LogP contribution in [0.1, 0.15) is 5.56 Å².